The first-order valence-corrected chi connectivity index (χ1v) is 11.8. The van der Waals surface area contributed by atoms with Gasteiger partial charge in [0.15, 0.2) is 0 Å². The van der Waals surface area contributed by atoms with E-state index in [0.717, 1.165) is 5.69 Å². The zero-order valence-corrected chi connectivity index (χ0v) is 19.8. The molecule has 0 saturated carbocycles. The second-order valence-electron chi connectivity index (χ2n) is 8.61. The Morgan fingerprint density at radius 3 is 2.34 bits per heavy atom. The fraction of sp³-hybridized carbons (Fsp3) is 0.476. The number of aromatic nitrogens is 4. The molecule has 1 aromatic carbocycles. The third-order valence-electron chi connectivity index (χ3n) is 5.51. The van der Waals surface area contributed by atoms with Crippen molar-refractivity contribution >= 4 is 21.7 Å². The summed E-state index contributed by atoms with van der Waals surface area (Å²) < 4.78 is 40.3. The van der Waals surface area contributed by atoms with Gasteiger partial charge in [0, 0.05) is 43.9 Å². The predicted octanol–water partition coefficient (Wildman–Crippen LogP) is 1.95. The molecule has 0 radical (unpaired) electrons. The van der Waals surface area contributed by atoms with Crippen LogP contribution < -0.4 is 14.4 Å². The van der Waals surface area contributed by atoms with Crippen molar-refractivity contribution in [3.63, 3.8) is 0 Å². The van der Waals surface area contributed by atoms with E-state index < -0.39 is 10.0 Å². The molecule has 2 aromatic heterocycles. The molecule has 0 spiro atoms. The Labute approximate surface area is 187 Å². The van der Waals surface area contributed by atoms with Crippen LogP contribution in [0.5, 0.6) is 11.5 Å². The lowest BCUT2D eigenvalue weighted by atomic mass is 9.92. The number of hydrogen-bond donors (Lipinski definition) is 0. The minimum absolute atomic E-state index is 0.0951. The summed E-state index contributed by atoms with van der Waals surface area (Å²) in [5, 5.41) is 4.66. The van der Waals surface area contributed by atoms with Crippen molar-refractivity contribution in [2.45, 2.75) is 31.1 Å². The van der Waals surface area contributed by atoms with E-state index in [0.29, 0.717) is 43.7 Å². The van der Waals surface area contributed by atoms with Crippen LogP contribution in [0.25, 0.3) is 5.78 Å². The summed E-state index contributed by atoms with van der Waals surface area (Å²) in [6, 6.07) is 6.70. The number of nitrogens with zero attached hydrogens (tertiary/aromatic N) is 6. The van der Waals surface area contributed by atoms with Crippen molar-refractivity contribution in [2.24, 2.45) is 0 Å². The van der Waals surface area contributed by atoms with Gasteiger partial charge in [-0.15, -0.1) is 5.10 Å². The van der Waals surface area contributed by atoms with E-state index in [9.17, 15) is 8.42 Å². The molecule has 11 heteroatoms. The Kier molecular flexibility index (Phi) is 5.72. The summed E-state index contributed by atoms with van der Waals surface area (Å²) in [5.74, 6) is 1.82. The van der Waals surface area contributed by atoms with Gasteiger partial charge in [-0.25, -0.2) is 13.4 Å². The lowest BCUT2D eigenvalue weighted by Crippen LogP contribution is -2.49. The topological polar surface area (TPSA) is 102 Å². The molecule has 0 bridgehead atoms. The molecule has 0 amide bonds. The summed E-state index contributed by atoms with van der Waals surface area (Å²) >= 11 is 0. The van der Waals surface area contributed by atoms with Gasteiger partial charge in [0.25, 0.3) is 5.78 Å². The van der Waals surface area contributed by atoms with E-state index in [2.05, 4.69) is 35.8 Å². The molecule has 10 nitrogen and oxygen atoms in total. The first-order chi connectivity index (χ1) is 15.1. The van der Waals surface area contributed by atoms with Crippen molar-refractivity contribution in [1.82, 2.24) is 23.9 Å². The number of anilines is 1. The van der Waals surface area contributed by atoms with E-state index in [1.54, 1.807) is 22.8 Å². The van der Waals surface area contributed by atoms with Crippen molar-refractivity contribution < 1.29 is 17.9 Å². The van der Waals surface area contributed by atoms with Crippen LogP contribution in [0.2, 0.25) is 0 Å². The molecule has 0 atom stereocenters. The number of ether oxygens (including phenoxy) is 2. The number of methoxy groups -OCH3 is 2. The molecule has 172 valence electrons. The Hall–Kier alpha value is -2.92. The Morgan fingerprint density at radius 2 is 1.72 bits per heavy atom. The fourth-order valence-corrected chi connectivity index (χ4v) is 5.33. The second kappa shape index (κ2) is 8.21. The van der Waals surface area contributed by atoms with E-state index in [-0.39, 0.29) is 16.1 Å². The van der Waals surface area contributed by atoms with Gasteiger partial charge in [0.2, 0.25) is 16.0 Å². The van der Waals surface area contributed by atoms with Crippen molar-refractivity contribution in [3.8, 4) is 11.5 Å². The molecule has 1 aliphatic rings. The molecule has 0 aliphatic carbocycles. The summed E-state index contributed by atoms with van der Waals surface area (Å²) in [6.07, 6.45) is 1.74. The van der Waals surface area contributed by atoms with Gasteiger partial charge < -0.3 is 14.4 Å². The molecule has 3 heterocycles. The maximum atomic E-state index is 13.3. The van der Waals surface area contributed by atoms with Gasteiger partial charge in [0.05, 0.1) is 19.9 Å². The van der Waals surface area contributed by atoms with E-state index >= 15 is 0 Å². The van der Waals surface area contributed by atoms with Crippen LogP contribution >= 0.6 is 0 Å². The molecule has 32 heavy (non-hydrogen) atoms. The molecule has 1 saturated heterocycles. The molecule has 3 aromatic rings. The number of rotatable bonds is 5. The van der Waals surface area contributed by atoms with Crippen LogP contribution in [0.15, 0.2) is 35.4 Å². The van der Waals surface area contributed by atoms with E-state index in [1.165, 1.54) is 24.6 Å². The highest BCUT2D eigenvalue weighted by atomic mass is 32.2. The number of fused-ring (bicyclic) bond motifs is 1. The molecule has 0 N–H and O–H groups in total. The first-order valence-electron chi connectivity index (χ1n) is 10.3. The highest BCUT2D eigenvalue weighted by Crippen LogP contribution is 2.31. The summed E-state index contributed by atoms with van der Waals surface area (Å²) in [7, 11) is -0.800. The van der Waals surface area contributed by atoms with Gasteiger partial charge in [-0.1, -0.05) is 20.8 Å². The van der Waals surface area contributed by atoms with Crippen molar-refractivity contribution in [2.75, 3.05) is 45.3 Å². The molecule has 1 fully saturated rings. The molecule has 1 aliphatic heterocycles. The van der Waals surface area contributed by atoms with Crippen LogP contribution in [0.3, 0.4) is 0 Å². The average molecular weight is 461 g/mol. The number of sulfonamides is 1. The quantitative estimate of drug-likeness (QED) is 0.569. The normalized spacial score (nSPS) is 15.8. The standard InChI is InChI=1S/C21H28N6O4S/c1-21(2,3)18-8-9-22-19-23-20(24-27(18)19)25-10-12-26(13-11-25)32(28,29)17-14-15(30-4)6-7-16(17)31-5/h6-9,14H,10-13H2,1-5H3. The van der Waals surface area contributed by atoms with Crippen LogP contribution in [-0.2, 0) is 15.4 Å². The predicted molar refractivity (Wildman–Crippen MR) is 120 cm³/mol. The number of benzene rings is 1. The van der Waals surface area contributed by atoms with Crippen LogP contribution in [0.1, 0.15) is 26.5 Å². The third-order valence-corrected chi connectivity index (χ3v) is 7.43. The fourth-order valence-electron chi connectivity index (χ4n) is 3.74. The van der Waals surface area contributed by atoms with E-state index in [1.807, 2.05) is 11.0 Å². The van der Waals surface area contributed by atoms with Gasteiger partial charge in [-0.05, 0) is 18.2 Å². The lowest BCUT2D eigenvalue weighted by Gasteiger charge is -2.33. The van der Waals surface area contributed by atoms with Crippen molar-refractivity contribution in [1.29, 1.82) is 0 Å². The van der Waals surface area contributed by atoms with E-state index in [4.69, 9.17) is 9.47 Å². The smallest absolute Gasteiger partial charge is 0.254 e. The minimum Gasteiger partial charge on any atom is -0.497 e. The summed E-state index contributed by atoms with van der Waals surface area (Å²) in [4.78, 5) is 11.0. The molecular weight excluding hydrogens is 432 g/mol. The molecular formula is C21H28N6O4S. The monoisotopic (exact) mass is 460 g/mol. The SMILES string of the molecule is COc1ccc(OC)c(S(=O)(=O)N2CCN(c3nc4nccc(C(C)(C)C)n4n3)CC2)c1. The molecule has 4 rings (SSSR count). The van der Waals surface area contributed by atoms with Gasteiger partial charge >= 0.3 is 0 Å². The Morgan fingerprint density at radius 1 is 1.00 bits per heavy atom. The van der Waals surface area contributed by atoms with Crippen LogP contribution in [0.4, 0.5) is 5.95 Å². The first kappa shape index (κ1) is 22.3. The van der Waals surface area contributed by atoms with Crippen LogP contribution in [-0.4, -0.2) is 72.7 Å². The maximum absolute atomic E-state index is 13.3. The highest BCUT2D eigenvalue weighted by molar-refractivity contribution is 7.89. The third kappa shape index (κ3) is 3.97. The maximum Gasteiger partial charge on any atom is 0.254 e. The largest absolute Gasteiger partial charge is 0.497 e. The minimum atomic E-state index is -3.75. The number of piperazine rings is 1. The lowest BCUT2D eigenvalue weighted by molar-refractivity contribution is 0.369. The summed E-state index contributed by atoms with van der Waals surface area (Å²) in [6.45, 7) is 7.87. The van der Waals surface area contributed by atoms with Gasteiger partial charge in [-0.2, -0.15) is 13.8 Å². The number of hydrogen-bond acceptors (Lipinski definition) is 8. The van der Waals surface area contributed by atoms with Crippen molar-refractivity contribution in [3.05, 3.63) is 36.2 Å². The molecule has 0 unspecified atom stereocenters. The second-order valence-corrected chi connectivity index (χ2v) is 10.5. The summed E-state index contributed by atoms with van der Waals surface area (Å²) in [5.41, 5.74) is 0.891. The van der Waals surface area contributed by atoms with Crippen LogP contribution in [0, 0.1) is 0 Å². The average Bonchev–Trinajstić information content (AvgIpc) is 3.22. The highest BCUT2D eigenvalue weighted by Gasteiger charge is 2.32. The zero-order valence-electron chi connectivity index (χ0n) is 18.9. The van der Waals surface area contributed by atoms with Gasteiger partial charge in [-0.3, -0.25) is 0 Å². The Bertz CT molecular complexity index is 1230. The Balaban J connectivity index is 1.56. The van der Waals surface area contributed by atoms with Gasteiger partial charge in [0.1, 0.15) is 16.4 Å². The zero-order chi connectivity index (χ0) is 23.1.